The molecule has 0 saturated carbocycles. The van der Waals surface area contributed by atoms with Crippen LogP contribution in [0, 0.1) is 0 Å². The lowest BCUT2D eigenvalue weighted by atomic mass is 10.1. The smallest absolute Gasteiger partial charge is 0.257 e. The lowest BCUT2D eigenvalue weighted by Gasteiger charge is -2.11. The van der Waals surface area contributed by atoms with Gasteiger partial charge in [-0.05, 0) is 42.5 Å². The van der Waals surface area contributed by atoms with Gasteiger partial charge in [0.25, 0.3) is 11.8 Å². The van der Waals surface area contributed by atoms with Gasteiger partial charge in [-0.2, -0.15) is 0 Å². The van der Waals surface area contributed by atoms with Gasteiger partial charge in [0.05, 0.1) is 11.3 Å². The van der Waals surface area contributed by atoms with Crippen LogP contribution < -0.4 is 10.6 Å². The van der Waals surface area contributed by atoms with E-state index in [-0.39, 0.29) is 11.8 Å². The van der Waals surface area contributed by atoms with Crippen molar-refractivity contribution in [2.45, 2.75) is 0 Å². The molecule has 3 aromatic carbocycles. The maximum absolute atomic E-state index is 12.6. The van der Waals surface area contributed by atoms with Gasteiger partial charge in [0.1, 0.15) is 0 Å². The van der Waals surface area contributed by atoms with Gasteiger partial charge in [0.15, 0.2) is 0 Å². The highest BCUT2D eigenvalue weighted by Gasteiger charge is 2.14. The first-order valence-corrected chi connectivity index (χ1v) is 8.45. The van der Waals surface area contributed by atoms with Crippen LogP contribution in [0.2, 0.25) is 0 Å². The summed E-state index contributed by atoms with van der Waals surface area (Å²) in [5.41, 5.74) is 2.06. The summed E-state index contributed by atoms with van der Waals surface area (Å²) in [7, 11) is 0. The van der Waals surface area contributed by atoms with Crippen molar-refractivity contribution >= 4 is 39.1 Å². The van der Waals surface area contributed by atoms with Crippen molar-refractivity contribution in [2.24, 2.45) is 0 Å². The molecular formula is C20H15BrN2O2. The average molecular weight is 395 g/mol. The second-order valence-corrected chi connectivity index (χ2v) is 6.25. The van der Waals surface area contributed by atoms with E-state index in [0.29, 0.717) is 22.5 Å². The summed E-state index contributed by atoms with van der Waals surface area (Å²) in [5, 5.41) is 5.63. The van der Waals surface area contributed by atoms with Crippen molar-refractivity contribution in [3.8, 4) is 0 Å². The number of nitrogens with one attached hydrogen (secondary N) is 2. The van der Waals surface area contributed by atoms with E-state index in [4.69, 9.17) is 0 Å². The van der Waals surface area contributed by atoms with Crippen LogP contribution in [0.5, 0.6) is 0 Å². The van der Waals surface area contributed by atoms with Crippen molar-refractivity contribution in [3.05, 3.63) is 94.5 Å². The molecule has 0 bridgehead atoms. The molecule has 0 aliphatic carbocycles. The predicted molar refractivity (Wildman–Crippen MR) is 103 cm³/mol. The van der Waals surface area contributed by atoms with E-state index in [0.717, 1.165) is 4.47 Å². The van der Waals surface area contributed by atoms with E-state index in [1.807, 2.05) is 24.3 Å². The summed E-state index contributed by atoms with van der Waals surface area (Å²) in [4.78, 5) is 24.9. The van der Waals surface area contributed by atoms with Gasteiger partial charge >= 0.3 is 0 Å². The van der Waals surface area contributed by atoms with Crippen LogP contribution in [0.4, 0.5) is 11.4 Å². The molecule has 2 N–H and O–H groups in total. The zero-order valence-corrected chi connectivity index (χ0v) is 14.8. The largest absolute Gasteiger partial charge is 0.322 e. The molecule has 0 atom stereocenters. The topological polar surface area (TPSA) is 58.2 Å². The van der Waals surface area contributed by atoms with Gasteiger partial charge in [0, 0.05) is 15.7 Å². The number of benzene rings is 3. The molecule has 25 heavy (non-hydrogen) atoms. The summed E-state index contributed by atoms with van der Waals surface area (Å²) in [6, 6.07) is 23.1. The van der Waals surface area contributed by atoms with Crippen molar-refractivity contribution < 1.29 is 9.59 Å². The Bertz CT molecular complexity index is 910. The zero-order valence-electron chi connectivity index (χ0n) is 13.2. The lowest BCUT2D eigenvalue weighted by Crippen LogP contribution is -2.18. The van der Waals surface area contributed by atoms with E-state index in [2.05, 4.69) is 26.6 Å². The Morgan fingerprint density at radius 1 is 0.720 bits per heavy atom. The second-order valence-electron chi connectivity index (χ2n) is 5.33. The first-order chi connectivity index (χ1) is 12.1. The summed E-state index contributed by atoms with van der Waals surface area (Å²) in [6.45, 7) is 0. The third-order valence-corrected chi connectivity index (χ3v) is 4.03. The molecule has 0 heterocycles. The lowest BCUT2D eigenvalue weighted by molar-refractivity contribution is 0.102. The van der Waals surface area contributed by atoms with E-state index >= 15 is 0 Å². The monoisotopic (exact) mass is 394 g/mol. The van der Waals surface area contributed by atoms with Crippen LogP contribution in [0.1, 0.15) is 20.7 Å². The van der Waals surface area contributed by atoms with Crippen LogP contribution in [-0.2, 0) is 0 Å². The first kappa shape index (κ1) is 16.9. The Hall–Kier alpha value is -2.92. The van der Waals surface area contributed by atoms with E-state index in [9.17, 15) is 9.59 Å². The third kappa shape index (κ3) is 4.33. The molecule has 4 nitrogen and oxygen atoms in total. The molecule has 0 aliphatic heterocycles. The number of halogens is 1. The SMILES string of the molecule is O=C(Nc1ccccc1C(=O)Nc1cccc(Br)c1)c1ccccc1. The van der Waals surface area contributed by atoms with Crippen LogP contribution in [0.25, 0.3) is 0 Å². The predicted octanol–water partition coefficient (Wildman–Crippen LogP) is 4.95. The van der Waals surface area contributed by atoms with Crippen molar-refractivity contribution in [3.63, 3.8) is 0 Å². The molecule has 5 heteroatoms. The molecule has 124 valence electrons. The molecule has 0 unspecified atom stereocenters. The van der Waals surface area contributed by atoms with Gasteiger partial charge < -0.3 is 10.6 Å². The molecule has 0 radical (unpaired) electrons. The highest BCUT2D eigenvalue weighted by molar-refractivity contribution is 9.10. The maximum atomic E-state index is 12.6. The number of hydrogen-bond donors (Lipinski definition) is 2. The Morgan fingerprint density at radius 3 is 2.20 bits per heavy atom. The summed E-state index contributed by atoms with van der Waals surface area (Å²) in [6.07, 6.45) is 0. The Morgan fingerprint density at radius 2 is 1.44 bits per heavy atom. The van der Waals surface area contributed by atoms with Gasteiger partial charge in [-0.3, -0.25) is 9.59 Å². The number of anilines is 2. The first-order valence-electron chi connectivity index (χ1n) is 7.66. The summed E-state index contributed by atoms with van der Waals surface area (Å²) in [5.74, 6) is -0.551. The zero-order chi connectivity index (χ0) is 17.6. The number of rotatable bonds is 4. The van der Waals surface area contributed by atoms with Crippen LogP contribution in [0.3, 0.4) is 0 Å². The van der Waals surface area contributed by atoms with Crippen LogP contribution >= 0.6 is 15.9 Å². The van der Waals surface area contributed by atoms with Gasteiger partial charge in [-0.1, -0.05) is 52.3 Å². The Labute approximate surface area is 154 Å². The molecule has 3 aromatic rings. The summed E-state index contributed by atoms with van der Waals surface area (Å²) >= 11 is 3.37. The van der Waals surface area contributed by atoms with Gasteiger partial charge in [-0.15, -0.1) is 0 Å². The molecule has 0 aliphatic rings. The molecule has 0 saturated heterocycles. The van der Waals surface area contributed by atoms with Gasteiger partial charge in [0.2, 0.25) is 0 Å². The Kier molecular flexibility index (Phi) is 5.26. The van der Waals surface area contributed by atoms with Crippen molar-refractivity contribution in [1.82, 2.24) is 0 Å². The minimum Gasteiger partial charge on any atom is -0.322 e. The van der Waals surface area contributed by atoms with Crippen LogP contribution in [-0.4, -0.2) is 11.8 Å². The highest BCUT2D eigenvalue weighted by Crippen LogP contribution is 2.20. The molecular weight excluding hydrogens is 380 g/mol. The van der Waals surface area contributed by atoms with E-state index in [1.54, 1.807) is 54.6 Å². The van der Waals surface area contributed by atoms with Crippen molar-refractivity contribution in [2.75, 3.05) is 10.6 Å². The molecule has 0 fully saturated rings. The fraction of sp³-hybridized carbons (Fsp3) is 0. The average Bonchev–Trinajstić information content (AvgIpc) is 2.63. The maximum Gasteiger partial charge on any atom is 0.257 e. The fourth-order valence-electron chi connectivity index (χ4n) is 2.34. The van der Waals surface area contributed by atoms with Crippen molar-refractivity contribution in [1.29, 1.82) is 0 Å². The highest BCUT2D eigenvalue weighted by atomic mass is 79.9. The second kappa shape index (κ2) is 7.77. The van der Waals surface area contributed by atoms with Gasteiger partial charge in [-0.25, -0.2) is 0 Å². The number of amides is 2. The quantitative estimate of drug-likeness (QED) is 0.657. The number of para-hydroxylation sites is 1. The number of carbonyl (C=O) groups is 2. The number of hydrogen-bond acceptors (Lipinski definition) is 2. The van der Waals surface area contributed by atoms with E-state index in [1.165, 1.54) is 0 Å². The van der Waals surface area contributed by atoms with E-state index < -0.39 is 0 Å². The Balaban J connectivity index is 1.81. The third-order valence-electron chi connectivity index (χ3n) is 3.54. The fourth-order valence-corrected chi connectivity index (χ4v) is 2.74. The number of carbonyl (C=O) groups excluding carboxylic acids is 2. The van der Waals surface area contributed by atoms with Crippen LogP contribution in [0.15, 0.2) is 83.3 Å². The normalized spacial score (nSPS) is 10.1. The minimum atomic E-state index is -0.290. The minimum absolute atomic E-state index is 0.261. The molecule has 2 amide bonds. The standard InChI is InChI=1S/C20H15BrN2O2/c21-15-9-6-10-16(13-15)22-20(25)17-11-4-5-12-18(17)23-19(24)14-7-2-1-3-8-14/h1-13H,(H,22,25)(H,23,24). The molecule has 3 rings (SSSR count). The summed E-state index contributed by atoms with van der Waals surface area (Å²) < 4.78 is 0.871. The molecule has 0 spiro atoms. The molecule has 0 aromatic heterocycles.